The molecule has 3 aromatic rings. The van der Waals surface area contributed by atoms with Crippen LogP contribution in [0.5, 0.6) is 0 Å². The average Bonchev–Trinajstić information content (AvgIpc) is 2.96. The van der Waals surface area contributed by atoms with Gasteiger partial charge in [-0.1, -0.05) is 23.5 Å². The molecule has 0 aliphatic carbocycles. The number of carbonyl (C=O) groups is 1. The van der Waals surface area contributed by atoms with E-state index in [9.17, 15) is 9.59 Å². The Morgan fingerprint density at radius 2 is 2.09 bits per heavy atom. The summed E-state index contributed by atoms with van der Waals surface area (Å²) in [5.41, 5.74) is 1.45. The van der Waals surface area contributed by atoms with Gasteiger partial charge in [-0.25, -0.2) is 9.78 Å². The highest BCUT2D eigenvalue weighted by molar-refractivity contribution is 7.16. The first-order chi connectivity index (χ1) is 11.1. The number of ether oxygens (including phenoxy) is 1. The number of nitrogens with zero attached hydrogens (tertiary/aromatic N) is 3. The van der Waals surface area contributed by atoms with Gasteiger partial charge >= 0.3 is 5.97 Å². The maximum absolute atomic E-state index is 12.0. The molecule has 0 amide bonds. The highest BCUT2D eigenvalue weighted by atomic mass is 32.1. The summed E-state index contributed by atoms with van der Waals surface area (Å²) in [6.07, 6.45) is 0. The molecule has 118 valence electrons. The molecule has 0 spiro atoms. The van der Waals surface area contributed by atoms with Gasteiger partial charge < -0.3 is 9.84 Å². The van der Waals surface area contributed by atoms with Crippen LogP contribution in [0.2, 0.25) is 0 Å². The number of rotatable bonds is 4. The van der Waals surface area contributed by atoms with Crippen molar-refractivity contribution in [1.29, 1.82) is 0 Å². The molecule has 0 saturated carbocycles. The van der Waals surface area contributed by atoms with Gasteiger partial charge in [-0.2, -0.15) is 9.61 Å². The van der Waals surface area contributed by atoms with Crippen LogP contribution >= 0.6 is 11.3 Å². The lowest BCUT2D eigenvalue weighted by molar-refractivity contribution is 0.0471. The van der Waals surface area contributed by atoms with Gasteiger partial charge in [-0.15, -0.1) is 0 Å². The fourth-order valence-corrected chi connectivity index (χ4v) is 2.83. The SMILES string of the molecule is Cc1cc(=O)n2nc(COC(=O)c3ccc(CO)cc3)sc2n1. The first-order valence-corrected chi connectivity index (χ1v) is 7.62. The van der Waals surface area contributed by atoms with Crippen LogP contribution in [-0.4, -0.2) is 25.7 Å². The van der Waals surface area contributed by atoms with Gasteiger partial charge in [0.2, 0.25) is 4.96 Å². The summed E-state index contributed by atoms with van der Waals surface area (Å²) in [7, 11) is 0. The molecule has 0 aliphatic heterocycles. The molecule has 23 heavy (non-hydrogen) atoms. The van der Waals surface area contributed by atoms with E-state index in [4.69, 9.17) is 9.84 Å². The molecule has 0 atom stereocenters. The molecule has 1 aromatic carbocycles. The number of hydrogen-bond donors (Lipinski definition) is 1. The van der Waals surface area contributed by atoms with Crippen LogP contribution in [0.1, 0.15) is 26.6 Å². The molecule has 3 rings (SSSR count). The van der Waals surface area contributed by atoms with Crippen molar-refractivity contribution in [2.75, 3.05) is 0 Å². The van der Waals surface area contributed by atoms with Gasteiger partial charge in [0, 0.05) is 11.8 Å². The quantitative estimate of drug-likeness (QED) is 0.725. The van der Waals surface area contributed by atoms with Crippen LogP contribution in [0.4, 0.5) is 0 Å². The molecule has 0 aliphatic rings. The van der Waals surface area contributed by atoms with Crippen LogP contribution < -0.4 is 5.56 Å². The third-order valence-corrected chi connectivity index (χ3v) is 4.00. The topological polar surface area (TPSA) is 93.8 Å². The average molecular weight is 331 g/mol. The van der Waals surface area contributed by atoms with Crippen molar-refractivity contribution in [3.63, 3.8) is 0 Å². The molecule has 0 bridgehead atoms. The Bertz CT molecular complexity index is 915. The molecule has 8 heteroatoms. The predicted molar refractivity (Wildman–Crippen MR) is 83.4 cm³/mol. The Morgan fingerprint density at radius 3 is 2.78 bits per heavy atom. The number of hydrogen-bond acceptors (Lipinski definition) is 7. The summed E-state index contributed by atoms with van der Waals surface area (Å²) in [4.78, 5) is 28.4. The van der Waals surface area contributed by atoms with E-state index in [0.717, 1.165) is 0 Å². The van der Waals surface area contributed by atoms with E-state index in [2.05, 4.69) is 10.1 Å². The Morgan fingerprint density at radius 1 is 1.35 bits per heavy atom. The molecule has 7 nitrogen and oxygen atoms in total. The number of esters is 1. The van der Waals surface area contributed by atoms with Crippen molar-refractivity contribution in [2.45, 2.75) is 20.1 Å². The van der Waals surface area contributed by atoms with Gasteiger partial charge in [-0.05, 0) is 24.6 Å². The molecule has 0 unspecified atom stereocenters. The van der Waals surface area contributed by atoms with Crippen molar-refractivity contribution in [2.24, 2.45) is 0 Å². The molecule has 0 fully saturated rings. The number of aliphatic hydroxyl groups is 1. The lowest BCUT2D eigenvalue weighted by Gasteiger charge is -2.03. The Labute approximate surface area is 134 Å². The minimum atomic E-state index is -0.495. The van der Waals surface area contributed by atoms with Crippen LogP contribution in [0.25, 0.3) is 4.96 Å². The lowest BCUT2D eigenvalue weighted by atomic mass is 10.1. The Kier molecular flexibility index (Phi) is 4.18. The summed E-state index contributed by atoms with van der Waals surface area (Å²) in [5.74, 6) is -0.495. The highest BCUT2D eigenvalue weighted by Crippen LogP contribution is 2.14. The second-order valence-corrected chi connectivity index (χ2v) is 5.90. The number of aromatic nitrogens is 3. The van der Waals surface area contributed by atoms with Crippen molar-refractivity contribution in [1.82, 2.24) is 14.6 Å². The Balaban J connectivity index is 1.73. The number of benzene rings is 1. The van der Waals surface area contributed by atoms with Crippen molar-refractivity contribution in [3.05, 3.63) is 62.5 Å². The predicted octanol–water partition coefficient (Wildman–Crippen LogP) is 1.31. The van der Waals surface area contributed by atoms with Gasteiger partial charge in [0.1, 0.15) is 6.61 Å². The first-order valence-electron chi connectivity index (χ1n) is 6.80. The number of carbonyl (C=O) groups excluding carboxylic acids is 1. The molecule has 2 heterocycles. The van der Waals surface area contributed by atoms with Crippen molar-refractivity contribution in [3.8, 4) is 0 Å². The van der Waals surface area contributed by atoms with Crippen molar-refractivity contribution >= 4 is 22.3 Å². The molecule has 2 aromatic heterocycles. The maximum Gasteiger partial charge on any atom is 0.338 e. The molecule has 0 saturated heterocycles. The van der Waals surface area contributed by atoms with Gasteiger partial charge in [0.15, 0.2) is 5.01 Å². The number of aryl methyl sites for hydroxylation is 1. The third-order valence-electron chi connectivity index (χ3n) is 3.11. The van der Waals surface area contributed by atoms with Gasteiger partial charge in [0.05, 0.1) is 12.2 Å². The van der Waals surface area contributed by atoms with E-state index >= 15 is 0 Å². The Hall–Kier alpha value is -2.58. The molecule has 0 radical (unpaired) electrons. The largest absolute Gasteiger partial charge is 0.455 e. The van der Waals surface area contributed by atoms with Gasteiger partial charge in [-0.3, -0.25) is 4.79 Å². The van der Waals surface area contributed by atoms with E-state index in [-0.39, 0.29) is 18.8 Å². The van der Waals surface area contributed by atoms with E-state index in [0.29, 0.717) is 26.8 Å². The molecule has 1 N–H and O–H groups in total. The minimum Gasteiger partial charge on any atom is -0.455 e. The fraction of sp³-hybridized carbons (Fsp3) is 0.200. The van der Waals surface area contributed by atoms with Crippen LogP contribution in [0.3, 0.4) is 0 Å². The summed E-state index contributed by atoms with van der Waals surface area (Å²) >= 11 is 1.20. The first kappa shape index (κ1) is 15.3. The number of aliphatic hydroxyl groups excluding tert-OH is 1. The summed E-state index contributed by atoms with van der Waals surface area (Å²) in [5, 5.41) is 13.6. The smallest absolute Gasteiger partial charge is 0.338 e. The normalized spacial score (nSPS) is 10.9. The lowest BCUT2D eigenvalue weighted by Crippen LogP contribution is -2.14. The zero-order chi connectivity index (χ0) is 16.4. The van der Waals surface area contributed by atoms with Crippen LogP contribution in [0, 0.1) is 6.92 Å². The molecular formula is C15H13N3O4S. The zero-order valence-electron chi connectivity index (χ0n) is 12.2. The van der Waals surface area contributed by atoms with E-state index in [1.807, 2.05) is 0 Å². The summed E-state index contributed by atoms with van der Waals surface area (Å²) in [6, 6.07) is 7.87. The van der Waals surface area contributed by atoms with Gasteiger partial charge in [0.25, 0.3) is 5.56 Å². The van der Waals surface area contributed by atoms with E-state index < -0.39 is 5.97 Å². The number of fused-ring (bicyclic) bond motifs is 1. The summed E-state index contributed by atoms with van der Waals surface area (Å²) < 4.78 is 6.38. The zero-order valence-corrected chi connectivity index (χ0v) is 13.0. The third kappa shape index (κ3) is 3.27. The second kappa shape index (κ2) is 6.27. The molecular weight excluding hydrogens is 318 g/mol. The highest BCUT2D eigenvalue weighted by Gasteiger charge is 2.11. The van der Waals surface area contributed by atoms with Crippen molar-refractivity contribution < 1.29 is 14.6 Å². The summed E-state index contributed by atoms with van der Waals surface area (Å²) in [6.45, 7) is 1.62. The minimum absolute atomic E-state index is 0.0346. The monoisotopic (exact) mass is 331 g/mol. The second-order valence-electron chi connectivity index (χ2n) is 4.86. The van der Waals surface area contributed by atoms with E-state index in [1.165, 1.54) is 21.9 Å². The maximum atomic E-state index is 12.0. The van der Waals surface area contributed by atoms with Crippen LogP contribution in [0.15, 0.2) is 35.1 Å². The van der Waals surface area contributed by atoms with E-state index in [1.54, 1.807) is 31.2 Å². The standard InChI is InChI=1S/C15H13N3O4S/c1-9-6-13(20)18-15(16-9)23-12(17-18)8-22-14(21)11-4-2-10(7-19)3-5-11/h2-6,19H,7-8H2,1H3. The fourth-order valence-electron chi connectivity index (χ4n) is 1.98. The van der Waals surface area contributed by atoms with Crippen LogP contribution in [-0.2, 0) is 18.0 Å².